The number of hydrogen-bond donors (Lipinski definition) is 0. The number of nitrogens with zero attached hydrogens (tertiary/aromatic N) is 4. The average Bonchev–Trinajstić information content (AvgIpc) is 3.03. The van der Waals surface area contributed by atoms with Gasteiger partial charge in [0.15, 0.2) is 0 Å². The smallest absolute Gasteiger partial charge is 0.245 e. The van der Waals surface area contributed by atoms with Crippen molar-refractivity contribution in [3.05, 3.63) is 42.2 Å². The standard InChI is InChI=1S/C24H32N4O3/c1-17(2)15-21(28-22(29)19-8-3-4-9-20(19)23(28)30)24(31)27-13-11-26(12-14-27)16-18-7-5-6-10-25-18/h3-7,10,17,19-21H,8-9,11-16H2,1-2H3. The normalized spacial score (nSPS) is 25.3. The van der Waals surface area contributed by atoms with E-state index in [4.69, 9.17) is 0 Å². The Labute approximate surface area is 184 Å². The lowest BCUT2D eigenvalue weighted by Crippen LogP contribution is -2.56. The molecular weight excluding hydrogens is 392 g/mol. The minimum Gasteiger partial charge on any atom is -0.338 e. The number of likely N-dealkylation sites (tertiary alicyclic amines) is 1. The molecule has 0 spiro atoms. The van der Waals surface area contributed by atoms with Crippen molar-refractivity contribution in [3.8, 4) is 0 Å². The highest BCUT2D eigenvalue weighted by Crippen LogP contribution is 2.37. The van der Waals surface area contributed by atoms with Gasteiger partial charge in [-0.05, 0) is 37.3 Å². The second kappa shape index (κ2) is 9.30. The van der Waals surface area contributed by atoms with Crippen LogP contribution in [-0.4, -0.2) is 69.6 Å². The topological polar surface area (TPSA) is 73.8 Å². The first-order valence-electron chi connectivity index (χ1n) is 11.4. The number of carbonyl (C=O) groups is 3. The molecule has 2 fully saturated rings. The molecular formula is C24H32N4O3. The molecule has 7 heteroatoms. The van der Waals surface area contributed by atoms with Gasteiger partial charge in [0.1, 0.15) is 6.04 Å². The van der Waals surface area contributed by atoms with Crippen LogP contribution in [-0.2, 0) is 20.9 Å². The van der Waals surface area contributed by atoms with E-state index in [1.807, 2.05) is 49.1 Å². The molecule has 3 unspecified atom stereocenters. The highest BCUT2D eigenvalue weighted by atomic mass is 16.2. The summed E-state index contributed by atoms with van der Waals surface area (Å²) in [5.74, 6) is -0.787. The first kappa shape index (κ1) is 21.7. The van der Waals surface area contributed by atoms with Gasteiger partial charge < -0.3 is 4.90 Å². The fourth-order valence-corrected chi connectivity index (χ4v) is 4.95. The van der Waals surface area contributed by atoms with Gasteiger partial charge in [-0.15, -0.1) is 0 Å². The minimum absolute atomic E-state index is 0.0838. The van der Waals surface area contributed by atoms with Crippen LogP contribution < -0.4 is 0 Å². The SMILES string of the molecule is CC(C)CC(C(=O)N1CCN(Cc2ccccn2)CC1)N1C(=O)C2CC=CCC2C1=O. The second-order valence-electron chi connectivity index (χ2n) is 9.27. The van der Waals surface area contributed by atoms with Crippen LogP contribution >= 0.6 is 0 Å². The van der Waals surface area contributed by atoms with Crippen LogP contribution in [0.5, 0.6) is 0 Å². The van der Waals surface area contributed by atoms with Gasteiger partial charge in [0.25, 0.3) is 0 Å². The number of amides is 3. The predicted molar refractivity (Wildman–Crippen MR) is 117 cm³/mol. The molecule has 0 aromatic carbocycles. The molecule has 1 aromatic rings. The molecule has 7 nitrogen and oxygen atoms in total. The van der Waals surface area contributed by atoms with Gasteiger partial charge in [0, 0.05) is 38.9 Å². The molecule has 1 aromatic heterocycles. The van der Waals surface area contributed by atoms with Gasteiger partial charge in [-0.2, -0.15) is 0 Å². The highest BCUT2D eigenvalue weighted by molar-refractivity contribution is 6.08. The van der Waals surface area contributed by atoms with Crippen LogP contribution in [0.3, 0.4) is 0 Å². The maximum absolute atomic E-state index is 13.5. The Balaban J connectivity index is 1.43. The number of aromatic nitrogens is 1. The lowest BCUT2D eigenvalue weighted by molar-refractivity contribution is -0.153. The zero-order chi connectivity index (χ0) is 22.0. The van der Waals surface area contributed by atoms with E-state index < -0.39 is 6.04 Å². The molecule has 3 atom stereocenters. The summed E-state index contributed by atoms with van der Waals surface area (Å²) in [7, 11) is 0. The van der Waals surface area contributed by atoms with E-state index in [0.717, 1.165) is 25.3 Å². The molecule has 3 heterocycles. The number of piperazine rings is 1. The summed E-state index contributed by atoms with van der Waals surface area (Å²) in [6, 6.07) is 5.21. The number of carbonyl (C=O) groups excluding carboxylic acids is 3. The van der Waals surface area contributed by atoms with Crippen LogP contribution in [0, 0.1) is 17.8 Å². The first-order valence-corrected chi connectivity index (χ1v) is 11.4. The van der Waals surface area contributed by atoms with E-state index in [0.29, 0.717) is 32.4 Å². The van der Waals surface area contributed by atoms with Gasteiger partial charge in [-0.25, -0.2) is 0 Å². The summed E-state index contributed by atoms with van der Waals surface area (Å²) >= 11 is 0. The molecule has 1 aliphatic carbocycles. The Bertz CT molecular complexity index is 820. The van der Waals surface area contributed by atoms with Crippen molar-refractivity contribution >= 4 is 17.7 Å². The molecule has 2 aliphatic heterocycles. The van der Waals surface area contributed by atoms with Gasteiger partial charge in [-0.3, -0.25) is 29.2 Å². The minimum atomic E-state index is -0.687. The van der Waals surface area contributed by atoms with Crippen LogP contribution in [0.25, 0.3) is 0 Å². The fraction of sp³-hybridized carbons (Fsp3) is 0.583. The molecule has 0 N–H and O–H groups in total. The number of fused-ring (bicyclic) bond motifs is 1. The molecule has 0 bridgehead atoms. The van der Waals surface area contributed by atoms with E-state index in [2.05, 4.69) is 9.88 Å². The van der Waals surface area contributed by atoms with Crippen LogP contribution in [0.4, 0.5) is 0 Å². The predicted octanol–water partition coefficient (Wildman–Crippen LogP) is 2.09. The monoisotopic (exact) mass is 424 g/mol. The molecule has 0 saturated carbocycles. The third kappa shape index (κ3) is 4.56. The van der Waals surface area contributed by atoms with E-state index in [1.165, 1.54) is 4.90 Å². The highest BCUT2D eigenvalue weighted by Gasteiger charge is 2.51. The molecule has 166 valence electrons. The Hall–Kier alpha value is -2.54. The summed E-state index contributed by atoms with van der Waals surface area (Å²) in [5.41, 5.74) is 1.02. The Morgan fingerprint density at radius 1 is 1.03 bits per heavy atom. The van der Waals surface area contributed by atoms with E-state index in [-0.39, 0.29) is 35.5 Å². The van der Waals surface area contributed by atoms with Crippen molar-refractivity contribution < 1.29 is 14.4 Å². The van der Waals surface area contributed by atoms with Crippen molar-refractivity contribution in [2.75, 3.05) is 26.2 Å². The molecule has 3 aliphatic rings. The van der Waals surface area contributed by atoms with Crippen molar-refractivity contribution in [1.82, 2.24) is 19.7 Å². The Kier molecular flexibility index (Phi) is 6.51. The van der Waals surface area contributed by atoms with E-state index >= 15 is 0 Å². The van der Waals surface area contributed by atoms with Crippen molar-refractivity contribution in [3.63, 3.8) is 0 Å². The number of imide groups is 1. The van der Waals surface area contributed by atoms with Crippen molar-refractivity contribution in [2.24, 2.45) is 17.8 Å². The first-order chi connectivity index (χ1) is 15.0. The summed E-state index contributed by atoms with van der Waals surface area (Å²) in [6.07, 6.45) is 7.47. The number of pyridine rings is 1. The molecule has 0 radical (unpaired) electrons. The van der Waals surface area contributed by atoms with Gasteiger partial charge >= 0.3 is 0 Å². The third-order valence-corrected chi connectivity index (χ3v) is 6.63. The quantitative estimate of drug-likeness (QED) is 0.516. The van der Waals surface area contributed by atoms with Gasteiger partial charge in [-0.1, -0.05) is 32.1 Å². The maximum atomic E-state index is 13.5. The number of rotatable bonds is 6. The second-order valence-corrected chi connectivity index (χ2v) is 9.27. The number of allylic oxidation sites excluding steroid dienone is 2. The zero-order valence-corrected chi connectivity index (χ0v) is 18.4. The Morgan fingerprint density at radius 2 is 1.68 bits per heavy atom. The number of hydrogen-bond acceptors (Lipinski definition) is 5. The lowest BCUT2D eigenvalue weighted by atomic mass is 9.85. The van der Waals surface area contributed by atoms with Crippen molar-refractivity contribution in [1.29, 1.82) is 0 Å². The average molecular weight is 425 g/mol. The summed E-state index contributed by atoms with van der Waals surface area (Å²) in [4.78, 5) is 49.5. The van der Waals surface area contributed by atoms with Crippen LogP contribution in [0.15, 0.2) is 36.5 Å². The molecule has 2 saturated heterocycles. The Morgan fingerprint density at radius 3 is 2.23 bits per heavy atom. The lowest BCUT2D eigenvalue weighted by Gasteiger charge is -2.38. The van der Waals surface area contributed by atoms with E-state index in [9.17, 15) is 14.4 Å². The van der Waals surface area contributed by atoms with E-state index in [1.54, 1.807) is 6.20 Å². The van der Waals surface area contributed by atoms with Gasteiger partial charge in [0.05, 0.1) is 17.5 Å². The summed E-state index contributed by atoms with van der Waals surface area (Å²) < 4.78 is 0. The fourth-order valence-electron chi connectivity index (χ4n) is 4.95. The maximum Gasteiger partial charge on any atom is 0.245 e. The third-order valence-electron chi connectivity index (χ3n) is 6.63. The van der Waals surface area contributed by atoms with Crippen LogP contribution in [0.1, 0.15) is 38.8 Å². The molecule has 4 rings (SSSR count). The summed E-state index contributed by atoms with van der Waals surface area (Å²) in [5, 5.41) is 0. The van der Waals surface area contributed by atoms with Crippen molar-refractivity contribution in [2.45, 2.75) is 45.7 Å². The zero-order valence-electron chi connectivity index (χ0n) is 18.4. The largest absolute Gasteiger partial charge is 0.338 e. The molecule has 3 amide bonds. The van der Waals surface area contributed by atoms with Gasteiger partial charge in [0.2, 0.25) is 17.7 Å². The van der Waals surface area contributed by atoms with Crippen LogP contribution in [0.2, 0.25) is 0 Å². The summed E-state index contributed by atoms with van der Waals surface area (Å²) in [6.45, 7) is 7.55. The molecule has 31 heavy (non-hydrogen) atoms.